The molecule has 0 saturated carbocycles. The third-order valence-electron chi connectivity index (χ3n) is 3.28. The molecule has 0 fully saturated rings. The molecule has 1 unspecified atom stereocenters. The Hall–Kier alpha value is -2.47. The normalized spacial score (nSPS) is 11.6. The number of carbonyl (C=O) groups excluding carboxylic acids is 2. The number of furan rings is 1. The summed E-state index contributed by atoms with van der Waals surface area (Å²) in [6.45, 7) is 3.53. The van der Waals surface area contributed by atoms with Gasteiger partial charge in [0.1, 0.15) is 17.6 Å². The fourth-order valence-corrected chi connectivity index (χ4v) is 2.23. The molecule has 0 spiro atoms. The predicted molar refractivity (Wildman–Crippen MR) is 89.8 cm³/mol. The summed E-state index contributed by atoms with van der Waals surface area (Å²) in [6, 6.07) is 7.95. The molecule has 2 amide bonds. The van der Waals surface area contributed by atoms with Gasteiger partial charge in [-0.3, -0.25) is 9.59 Å². The largest absolute Gasteiger partial charge is 0.484 e. The lowest BCUT2D eigenvalue weighted by Crippen LogP contribution is -2.46. The van der Waals surface area contributed by atoms with E-state index in [-0.39, 0.29) is 25.0 Å². The second-order valence-electron chi connectivity index (χ2n) is 5.28. The lowest BCUT2D eigenvalue weighted by Gasteiger charge is -2.14. The number of ether oxygens (including phenoxy) is 1. The Morgan fingerprint density at radius 2 is 2.12 bits per heavy atom. The molecule has 1 aromatic carbocycles. The van der Waals surface area contributed by atoms with Gasteiger partial charge in [-0.2, -0.15) is 0 Å². The zero-order valence-electron chi connectivity index (χ0n) is 13.5. The minimum atomic E-state index is -0.678. The van der Waals surface area contributed by atoms with Crippen LogP contribution in [0.5, 0.6) is 5.75 Å². The van der Waals surface area contributed by atoms with Crippen molar-refractivity contribution in [1.82, 2.24) is 10.6 Å². The topological polar surface area (TPSA) is 80.6 Å². The number of amides is 2. The maximum Gasteiger partial charge on any atom is 0.258 e. The number of carbonyl (C=O) groups is 2. The van der Waals surface area contributed by atoms with Gasteiger partial charge in [0.2, 0.25) is 5.91 Å². The van der Waals surface area contributed by atoms with Crippen molar-refractivity contribution >= 4 is 23.4 Å². The zero-order chi connectivity index (χ0) is 17.5. The Kier molecular flexibility index (Phi) is 6.26. The van der Waals surface area contributed by atoms with Crippen LogP contribution in [0, 0.1) is 6.92 Å². The first-order valence-corrected chi connectivity index (χ1v) is 7.82. The van der Waals surface area contributed by atoms with Gasteiger partial charge in [-0.25, -0.2) is 0 Å². The summed E-state index contributed by atoms with van der Waals surface area (Å²) in [5.41, 5.74) is 0.833. The van der Waals surface area contributed by atoms with Gasteiger partial charge in [-0.1, -0.05) is 11.6 Å². The van der Waals surface area contributed by atoms with E-state index in [4.69, 9.17) is 20.8 Å². The molecule has 128 valence electrons. The standard InChI is InChI=1S/C17H19ClN2O4/c1-11-8-13(18)5-6-15(11)24-10-16(21)20-12(2)17(22)19-9-14-4-3-7-23-14/h3-8,12H,9-10H2,1-2H3,(H,19,22)(H,20,21). The Labute approximate surface area is 145 Å². The summed E-state index contributed by atoms with van der Waals surface area (Å²) in [7, 11) is 0. The van der Waals surface area contributed by atoms with Crippen LogP contribution >= 0.6 is 11.6 Å². The highest BCUT2D eigenvalue weighted by molar-refractivity contribution is 6.30. The van der Waals surface area contributed by atoms with Crippen molar-refractivity contribution in [2.75, 3.05) is 6.61 Å². The second-order valence-corrected chi connectivity index (χ2v) is 5.72. The molecule has 1 aromatic heterocycles. The van der Waals surface area contributed by atoms with E-state index >= 15 is 0 Å². The first-order chi connectivity index (χ1) is 11.5. The van der Waals surface area contributed by atoms with Crippen molar-refractivity contribution in [3.63, 3.8) is 0 Å². The Balaban J connectivity index is 1.75. The number of hydrogen-bond acceptors (Lipinski definition) is 4. The Bertz CT molecular complexity index is 701. The summed E-state index contributed by atoms with van der Waals surface area (Å²) < 4.78 is 10.6. The van der Waals surface area contributed by atoms with E-state index in [1.54, 1.807) is 37.3 Å². The molecule has 1 atom stereocenters. The van der Waals surface area contributed by atoms with Gasteiger partial charge in [-0.05, 0) is 49.7 Å². The van der Waals surface area contributed by atoms with E-state index in [2.05, 4.69) is 10.6 Å². The van der Waals surface area contributed by atoms with Gasteiger partial charge in [-0.15, -0.1) is 0 Å². The third kappa shape index (κ3) is 5.31. The van der Waals surface area contributed by atoms with E-state index in [1.807, 2.05) is 6.92 Å². The van der Waals surface area contributed by atoms with E-state index in [9.17, 15) is 9.59 Å². The highest BCUT2D eigenvalue weighted by Gasteiger charge is 2.16. The second kappa shape index (κ2) is 8.40. The van der Waals surface area contributed by atoms with Gasteiger partial charge in [0.15, 0.2) is 6.61 Å². The van der Waals surface area contributed by atoms with Crippen LogP contribution in [0.15, 0.2) is 41.0 Å². The van der Waals surface area contributed by atoms with E-state index in [0.29, 0.717) is 16.5 Å². The van der Waals surface area contributed by atoms with Crippen LogP contribution in [0.2, 0.25) is 5.02 Å². The van der Waals surface area contributed by atoms with Crippen molar-refractivity contribution in [2.24, 2.45) is 0 Å². The molecule has 2 aromatic rings. The van der Waals surface area contributed by atoms with Crippen molar-refractivity contribution < 1.29 is 18.7 Å². The van der Waals surface area contributed by atoms with Crippen molar-refractivity contribution in [1.29, 1.82) is 0 Å². The minimum Gasteiger partial charge on any atom is -0.484 e. The van der Waals surface area contributed by atoms with Crippen molar-refractivity contribution in [3.8, 4) is 5.75 Å². The summed E-state index contributed by atoms with van der Waals surface area (Å²) in [5.74, 6) is 0.528. The quantitative estimate of drug-likeness (QED) is 0.803. The molecule has 0 aliphatic carbocycles. The Morgan fingerprint density at radius 3 is 2.79 bits per heavy atom. The average molecular weight is 351 g/mol. The molecule has 2 N–H and O–H groups in total. The average Bonchev–Trinajstić information content (AvgIpc) is 3.05. The maximum absolute atomic E-state index is 11.9. The summed E-state index contributed by atoms with van der Waals surface area (Å²) in [6.07, 6.45) is 1.53. The lowest BCUT2D eigenvalue weighted by atomic mass is 10.2. The van der Waals surface area contributed by atoms with E-state index < -0.39 is 6.04 Å². The van der Waals surface area contributed by atoms with Crippen LogP contribution in [0.4, 0.5) is 0 Å². The number of hydrogen-bond donors (Lipinski definition) is 2. The molecular formula is C17H19ClN2O4. The minimum absolute atomic E-state index is 0.182. The van der Waals surface area contributed by atoms with Crippen LogP contribution in [0.3, 0.4) is 0 Å². The SMILES string of the molecule is Cc1cc(Cl)ccc1OCC(=O)NC(C)C(=O)NCc1ccco1. The molecule has 0 radical (unpaired) electrons. The number of nitrogens with one attached hydrogen (secondary N) is 2. The van der Waals surface area contributed by atoms with Gasteiger partial charge in [0, 0.05) is 5.02 Å². The number of aryl methyl sites for hydroxylation is 1. The van der Waals surface area contributed by atoms with Gasteiger partial charge < -0.3 is 19.8 Å². The fraction of sp³-hybridized carbons (Fsp3) is 0.294. The van der Waals surface area contributed by atoms with Crippen LogP contribution in [-0.2, 0) is 16.1 Å². The summed E-state index contributed by atoms with van der Waals surface area (Å²) in [4.78, 5) is 23.8. The predicted octanol–water partition coefficient (Wildman–Crippen LogP) is 2.44. The monoisotopic (exact) mass is 350 g/mol. The fourth-order valence-electron chi connectivity index (χ4n) is 2.01. The van der Waals surface area contributed by atoms with Crippen LogP contribution in [-0.4, -0.2) is 24.5 Å². The first-order valence-electron chi connectivity index (χ1n) is 7.44. The highest BCUT2D eigenvalue weighted by Crippen LogP contribution is 2.21. The number of rotatable bonds is 7. The van der Waals surface area contributed by atoms with Gasteiger partial charge in [0.25, 0.3) is 5.91 Å². The molecule has 0 bridgehead atoms. The number of benzene rings is 1. The van der Waals surface area contributed by atoms with Gasteiger partial charge >= 0.3 is 0 Å². The third-order valence-corrected chi connectivity index (χ3v) is 3.52. The smallest absolute Gasteiger partial charge is 0.258 e. The van der Waals surface area contributed by atoms with Gasteiger partial charge in [0.05, 0.1) is 12.8 Å². The summed E-state index contributed by atoms with van der Waals surface area (Å²) in [5, 5.41) is 5.86. The Morgan fingerprint density at radius 1 is 1.33 bits per heavy atom. The van der Waals surface area contributed by atoms with E-state index in [0.717, 1.165) is 5.56 Å². The van der Waals surface area contributed by atoms with Crippen LogP contribution in [0.25, 0.3) is 0 Å². The zero-order valence-corrected chi connectivity index (χ0v) is 14.2. The molecule has 0 aliphatic rings. The molecule has 6 nitrogen and oxygen atoms in total. The van der Waals surface area contributed by atoms with Crippen molar-refractivity contribution in [3.05, 3.63) is 52.9 Å². The molecule has 24 heavy (non-hydrogen) atoms. The lowest BCUT2D eigenvalue weighted by molar-refractivity contribution is -0.129. The maximum atomic E-state index is 11.9. The molecule has 0 saturated heterocycles. The summed E-state index contributed by atoms with van der Waals surface area (Å²) >= 11 is 5.86. The molecule has 1 heterocycles. The molecule has 2 rings (SSSR count). The number of halogens is 1. The highest BCUT2D eigenvalue weighted by atomic mass is 35.5. The van der Waals surface area contributed by atoms with Crippen LogP contribution in [0.1, 0.15) is 18.2 Å². The van der Waals surface area contributed by atoms with Crippen LogP contribution < -0.4 is 15.4 Å². The molecular weight excluding hydrogens is 332 g/mol. The van der Waals surface area contributed by atoms with Crippen molar-refractivity contribution in [2.45, 2.75) is 26.4 Å². The van der Waals surface area contributed by atoms with E-state index in [1.165, 1.54) is 6.26 Å². The molecule has 7 heteroatoms. The first kappa shape index (κ1) is 17.9. The molecule has 0 aliphatic heterocycles.